The molecule has 1 rings (SSSR count). The molecule has 6 heteroatoms. The van der Waals surface area contributed by atoms with E-state index in [9.17, 15) is 8.42 Å². The Balaban J connectivity index is 2.46. The Morgan fingerprint density at radius 1 is 0.900 bits per heavy atom. The Kier molecular flexibility index (Phi) is 2.61. The highest BCUT2D eigenvalue weighted by Crippen LogP contribution is 1.98. The van der Waals surface area contributed by atoms with Crippen LogP contribution in [0.5, 0.6) is 0 Å². The first-order chi connectivity index (χ1) is 4.71. The summed E-state index contributed by atoms with van der Waals surface area (Å²) in [6.45, 7) is 0.649. The third-order valence-electron chi connectivity index (χ3n) is 0.911. The van der Waals surface area contributed by atoms with Crippen LogP contribution in [0, 0.1) is 0 Å². The largest absolute Gasteiger partial charge is 0.400 e. The third kappa shape index (κ3) is 2.61. The average molecular weight is 168 g/mol. The highest BCUT2D eigenvalue weighted by atomic mass is 32.3. The third-order valence-corrected chi connectivity index (χ3v) is 1.82. The van der Waals surface area contributed by atoms with Crippen molar-refractivity contribution in [1.82, 2.24) is 0 Å². The van der Waals surface area contributed by atoms with E-state index in [1.807, 2.05) is 0 Å². The number of hydrogen-bond donors (Lipinski definition) is 0. The zero-order valence-electron chi connectivity index (χ0n) is 5.28. The minimum atomic E-state index is -3.72. The summed E-state index contributed by atoms with van der Waals surface area (Å²) in [7, 11) is -3.72. The van der Waals surface area contributed by atoms with Crippen molar-refractivity contribution in [3.8, 4) is 0 Å². The minimum Gasteiger partial charge on any atom is -0.377 e. The normalized spacial score (nSPS) is 26.8. The van der Waals surface area contributed by atoms with Gasteiger partial charge in [-0.3, -0.25) is 0 Å². The van der Waals surface area contributed by atoms with E-state index in [2.05, 4.69) is 8.37 Å². The van der Waals surface area contributed by atoms with Crippen molar-refractivity contribution >= 4 is 10.4 Å². The average Bonchev–Trinajstić information content (AvgIpc) is 1.81. The predicted molar refractivity (Wildman–Crippen MR) is 31.6 cm³/mol. The van der Waals surface area contributed by atoms with Crippen LogP contribution >= 0.6 is 0 Å². The lowest BCUT2D eigenvalue weighted by atomic mass is 10.7. The van der Waals surface area contributed by atoms with Gasteiger partial charge in [0.05, 0.1) is 26.4 Å². The van der Waals surface area contributed by atoms with Gasteiger partial charge in [-0.1, -0.05) is 0 Å². The Hall–Kier alpha value is -0.170. The molecule has 0 atom stereocenters. The first kappa shape index (κ1) is 7.93. The molecule has 0 N–H and O–H groups in total. The van der Waals surface area contributed by atoms with Crippen LogP contribution in [0.1, 0.15) is 0 Å². The lowest BCUT2D eigenvalue weighted by Crippen LogP contribution is -2.20. The van der Waals surface area contributed by atoms with Gasteiger partial charge in [0.25, 0.3) is 0 Å². The smallest absolute Gasteiger partial charge is 0.377 e. The molecule has 0 radical (unpaired) electrons. The number of ether oxygens (including phenoxy) is 1. The Morgan fingerprint density at radius 2 is 1.40 bits per heavy atom. The van der Waals surface area contributed by atoms with Crippen LogP contribution in [0.2, 0.25) is 0 Å². The van der Waals surface area contributed by atoms with Crippen LogP contribution in [0.25, 0.3) is 0 Å². The molecule has 5 nitrogen and oxygen atoms in total. The van der Waals surface area contributed by atoms with Gasteiger partial charge in [0.15, 0.2) is 0 Å². The van der Waals surface area contributed by atoms with Crippen LogP contribution in [-0.2, 0) is 23.5 Å². The Morgan fingerprint density at radius 3 is 1.90 bits per heavy atom. The summed E-state index contributed by atoms with van der Waals surface area (Å²) < 4.78 is 34.5. The molecule has 60 valence electrons. The summed E-state index contributed by atoms with van der Waals surface area (Å²) in [4.78, 5) is 0. The predicted octanol–water partition coefficient (Wildman–Crippen LogP) is -0.705. The highest BCUT2D eigenvalue weighted by molar-refractivity contribution is 7.81. The van der Waals surface area contributed by atoms with Gasteiger partial charge in [-0.05, 0) is 0 Å². The van der Waals surface area contributed by atoms with Crippen molar-refractivity contribution in [2.24, 2.45) is 0 Å². The Labute approximate surface area is 59.2 Å². The van der Waals surface area contributed by atoms with E-state index < -0.39 is 10.4 Å². The maximum Gasteiger partial charge on any atom is 0.400 e. The van der Waals surface area contributed by atoms with Crippen LogP contribution in [-0.4, -0.2) is 34.8 Å². The first-order valence-corrected chi connectivity index (χ1v) is 4.15. The second-order valence-electron chi connectivity index (χ2n) is 1.66. The summed E-state index contributed by atoms with van der Waals surface area (Å²) >= 11 is 0. The molecule has 10 heavy (non-hydrogen) atoms. The zero-order chi connectivity index (χ0) is 7.45. The van der Waals surface area contributed by atoms with E-state index in [4.69, 9.17) is 4.74 Å². The van der Waals surface area contributed by atoms with Crippen LogP contribution < -0.4 is 0 Å². The maximum atomic E-state index is 10.5. The van der Waals surface area contributed by atoms with Crippen LogP contribution in [0.15, 0.2) is 0 Å². The molecule has 1 heterocycles. The Bertz CT molecular complexity index is 170. The minimum absolute atomic E-state index is 0.0301. The summed E-state index contributed by atoms with van der Waals surface area (Å²) in [6, 6.07) is 0. The van der Waals surface area contributed by atoms with Crippen molar-refractivity contribution in [3.05, 3.63) is 0 Å². The lowest BCUT2D eigenvalue weighted by Gasteiger charge is -2.09. The quantitative estimate of drug-likeness (QED) is 0.478. The SMILES string of the molecule is O=S1(=O)OCCOCCO1. The van der Waals surface area contributed by atoms with Crippen molar-refractivity contribution in [1.29, 1.82) is 0 Å². The monoisotopic (exact) mass is 168 g/mol. The van der Waals surface area contributed by atoms with E-state index in [-0.39, 0.29) is 13.2 Å². The molecule has 1 aliphatic heterocycles. The van der Waals surface area contributed by atoms with Gasteiger partial charge in [-0.15, -0.1) is 0 Å². The second-order valence-corrected chi connectivity index (χ2v) is 2.95. The van der Waals surface area contributed by atoms with E-state index in [1.54, 1.807) is 0 Å². The van der Waals surface area contributed by atoms with Gasteiger partial charge in [0, 0.05) is 0 Å². The topological polar surface area (TPSA) is 61.8 Å². The summed E-state index contributed by atoms with van der Waals surface area (Å²) in [5, 5.41) is 0. The van der Waals surface area contributed by atoms with Crippen LogP contribution in [0.3, 0.4) is 0 Å². The zero-order valence-corrected chi connectivity index (χ0v) is 6.09. The van der Waals surface area contributed by atoms with E-state index in [0.717, 1.165) is 0 Å². The fourth-order valence-electron chi connectivity index (χ4n) is 0.526. The molecule has 1 fully saturated rings. The summed E-state index contributed by atoms with van der Waals surface area (Å²) in [5.41, 5.74) is 0. The highest BCUT2D eigenvalue weighted by Gasteiger charge is 2.13. The first-order valence-electron chi connectivity index (χ1n) is 2.82. The van der Waals surface area contributed by atoms with E-state index in [1.165, 1.54) is 0 Å². The van der Waals surface area contributed by atoms with E-state index in [0.29, 0.717) is 13.2 Å². The van der Waals surface area contributed by atoms with Gasteiger partial charge in [0.1, 0.15) is 0 Å². The van der Waals surface area contributed by atoms with Crippen LogP contribution in [0.4, 0.5) is 0 Å². The van der Waals surface area contributed by atoms with Gasteiger partial charge in [0.2, 0.25) is 0 Å². The fourth-order valence-corrected chi connectivity index (χ4v) is 1.14. The molecule has 0 spiro atoms. The van der Waals surface area contributed by atoms with Crippen molar-refractivity contribution in [3.63, 3.8) is 0 Å². The van der Waals surface area contributed by atoms with Gasteiger partial charge < -0.3 is 4.74 Å². The maximum absolute atomic E-state index is 10.5. The van der Waals surface area contributed by atoms with E-state index >= 15 is 0 Å². The molecule has 0 amide bonds. The molecular formula is C4H8O5S. The van der Waals surface area contributed by atoms with Gasteiger partial charge >= 0.3 is 10.4 Å². The molecule has 0 saturated carbocycles. The molecule has 0 bridgehead atoms. The number of rotatable bonds is 0. The standard InChI is InChI=1S/C4H8O5S/c5-10(6)8-3-1-7-2-4-9-10/h1-4H2. The lowest BCUT2D eigenvalue weighted by molar-refractivity contribution is 0.0475. The molecular weight excluding hydrogens is 160 g/mol. The summed E-state index contributed by atoms with van der Waals surface area (Å²) in [6.07, 6.45) is 0. The summed E-state index contributed by atoms with van der Waals surface area (Å²) in [5.74, 6) is 0. The van der Waals surface area contributed by atoms with Gasteiger partial charge in [-0.25, -0.2) is 8.37 Å². The molecule has 0 aromatic rings. The van der Waals surface area contributed by atoms with Crippen molar-refractivity contribution in [2.75, 3.05) is 26.4 Å². The molecule has 0 aromatic heterocycles. The molecule has 0 aromatic carbocycles. The second kappa shape index (κ2) is 3.29. The molecule has 0 unspecified atom stereocenters. The number of hydrogen-bond acceptors (Lipinski definition) is 5. The molecule has 0 aliphatic carbocycles. The van der Waals surface area contributed by atoms with Crippen molar-refractivity contribution in [2.45, 2.75) is 0 Å². The molecule has 1 aliphatic rings. The fraction of sp³-hybridized carbons (Fsp3) is 1.00. The van der Waals surface area contributed by atoms with Gasteiger partial charge in [-0.2, -0.15) is 8.42 Å². The molecule has 1 saturated heterocycles. The van der Waals surface area contributed by atoms with Crippen molar-refractivity contribution < 1.29 is 21.5 Å².